The first-order valence-electron chi connectivity index (χ1n) is 7.87. The summed E-state index contributed by atoms with van der Waals surface area (Å²) >= 11 is 0. The van der Waals surface area contributed by atoms with Gasteiger partial charge in [-0.3, -0.25) is 9.59 Å². The number of amides is 2. The maximum Gasteiger partial charge on any atom is 0.255 e. The average Bonchev–Trinajstić information content (AvgIpc) is 2.59. The van der Waals surface area contributed by atoms with Crippen LogP contribution in [0.5, 0.6) is 5.75 Å². The van der Waals surface area contributed by atoms with Crippen molar-refractivity contribution in [3.8, 4) is 5.75 Å². The van der Waals surface area contributed by atoms with Crippen molar-refractivity contribution in [2.75, 3.05) is 26.0 Å². The Balaban J connectivity index is 2.12. The van der Waals surface area contributed by atoms with Crippen molar-refractivity contribution in [1.29, 1.82) is 0 Å². The monoisotopic (exact) mass is 326 g/mol. The van der Waals surface area contributed by atoms with Crippen molar-refractivity contribution in [2.45, 2.75) is 13.3 Å². The van der Waals surface area contributed by atoms with Crippen LogP contribution >= 0.6 is 0 Å². The Hall–Kier alpha value is -2.82. The molecular weight excluding hydrogens is 304 g/mol. The Bertz CT molecular complexity index is 726. The van der Waals surface area contributed by atoms with Crippen LogP contribution < -0.4 is 10.1 Å². The second-order valence-electron chi connectivity index (χ2n) is 5.61. The van der Waals surface area contributed by atoms with Crippen LogP contribution in [0, 0.1) is 0 Å². The molecule has 5 heteroatoms. The Labute approximate surface area is 142 Å². The zero-order valence-electron chi connectivity index (χ0n) is 14.2. The molecule has 0 heterocycles. The molecule has 1 N–H and O–H groups in total. The third kappa shape index (κ3) is 4.59. The number of nitrogens with zero attached hydrogens (tertiary/aromatic N) is 1. The molecule has 126 valence electrons. The van der Waals surface area contributed by atoms with Gasteiger partial charge in [0, 0.05) is 30.9 Å². The lowest BCUT2D eigenvalue weighted by Gasteiger charge is -2.12. The molecule has 0 unspecified atom stereocenters. The lowest BCUT2D eigenvalue weighted by molar-refractivity contribution is 0.0827. The minimum Gasteiger partial charge on any atom is -0.494 e. The third-order valence-electron chi connectivity index (χ3n) is 3.34. The number of rotatable bonds is 6. The Kier molecular flexibility index (Phi) is 5.95. The summed E-state index contributed by atoms with van der Waals surface area (Å²) in [7, 11) is 3.38. The predicted octanol–water partition coefficient (Wildman–Crippen LogP) is 3.43. The van der Waals surface area contributed by atoms with Crippen LogP contribution in [0.25, 0.3) is 0 Å². The van der Waals surface area contributed by atoms with Crippen LogP contribution in [0.3, 0.4) is 0 Å². The fourth-order valence-electron chi connectivity index (χ4n) is 2.14. The molecule has 0 fully saturated rings. The first kappa shape index (κ1) is 17.5. The van der Waals surface area contributed by atoms with Crippen molar-refractivity contribution >= 4 is 17.5 Å². The van der Waals surface area contributed by atoms with E-state index in [1.54, 1.807) is 56.6 Å². The zero-order chi connectivity index (χ0) is 17.5. The topological polar surface area (TPSA) is 58.6 Å². The standard InChI is InChI=1S/C19H22N2O3/c1-4-11-24-17-10-6-7-14(13-17)18(22)20-16-9-5-8-15(12-16)19(23)21(2)3/h5-10,12-13H,4,11H2,1-3H3,(H,20,22). The van der Waals surface area contributed by atoms with Crippen LogP contribution in [-0.4, -0.2) is 37.4 Å². The first-order valence-corrected chi connectivity index (χ1v) is 7.87. The summed E-state index contributed by atoms with van der Waals surface area (Å²) in [6, 6.07) is 13.9. The number of anilines is 1. The normalized spacial score (nSPS) is 10.1. The SMILES string of the molecule is CCCOc1cccc(C(=O)Nc2cccc(C(=O)N(C)C)c2)c1. The van der Waals surface area contributed by atoms with E-state index in [2.05, 4.69) is 5.32 Å². The van der Waals surface area contributed by atoms with Gasteiger partial charge in [0.05, 0.1) is 6.61 Å². The maximum absolute atomic E-state index is 12.4. The van der Waals surface area contributed by atoms with Crippen LogP contribution in [0.2, 0.25) is 0 Å². The van der Waals surface area contributed by atoms with E-state index >= 15 is 0 Å². The van der Waals surface area contributed by atoms with Gasteiger partial charge >= 0.3 is 0 Å². The molecule has 24 heavy (non-hydrogen) atoms. The summed E-state index contributed by atoms with van der Waals surface area (Å²) in [5, 5.41) is 2.81. The van der Waals surface area contributed by atoms with Crippen molar-refractivity contribution < 1.29 is 14.3 Å². The second kappa shape index (κ2) is 8.15. The van der Waals surface area contributed by atoms with E-state index in [0.717, 1.165) is 6.42 Å². The number of nitrogens with one attached hydrogen (secondary N) is 1. The molecule has 2 aromatic carbocycles. The van der Waals surface area contributed by atoms with Gasteiger partial charge in [-0.2, -0.15) is 0 Å². The lowest BCUT2D eigenvalue weighted by atomic mass is 10.1. The van der Waals surface area contributed by atoms with Crippen LogP contribution in [0.15, 0.2) is 48.5 Å². The number of carbonyl (C=O) groups is 2. The summed E-state index contributed by atoms with van der Waals surface area (Å²) < 4.78 is 5.54. The molecule has 0 bridgehead atoms. The Morgan fingerprint density at radius 1 is 1.04 bits per heavy atom. The molecule has 2 aromatic rings. The van der Waals surface area contributed by atoms with Crippen LogP contribution in [0.4, 0.5) is 5.69 Å². The molecule has 0 saturated carbocycles. The van der Waals surface area contributed by atoms with Gasteiger partial charge in [0.25, 0.3) is 11.8 Å². The van der Waals surface area contributed by atoms with Crippen molar-refractivity contribution in [2.24, 2.45) is 0 Å². The summed E-state index contributed by atoms with van der Waals surface area (Å²) in [6.45, 7) is 2.64. The van der Waals surface area contributed by atoms with E-state index in [-0.39, 0.29) is 11.8 Å². The molecule has 5 nitrogen and oxygen atoms in total. The summed E-state index contributed by atoms with van der Waals surface area (Å²) in [5.41, 5.74) is 1.61. The number of hydrogen-bond acceptors (Lipinski definition) is 3. The molecule has 0 spiro atoms. The van der Waals surface area contributed by atoms with Gasteiger partial charge in [0.1, 0.15) is 5.75 Å². The van der Waals surface area contributed by atoms with Crippen molar-refractivity contribution in [3.05, 3.63) is 59.7 Å². The summed E-state index contributed by atoms with van der Waals surface area (Å²) in [5.74, 6) is 0.313. The average molecular weight is 326 g/mol. The molecule has 2 rings (SSSR count). The molecule has 0 atom stereocenters. The van der Waals surface area contributed by atoms with Gasteiger partial charge < -0.3 is 15.0 Å². The summed E-state index contributed by atoms with van der Waals surface area (Å²) in [6.07, 6.45) is 0.906. The number of carbonyl (C=O) groups excluding carboxylic acids is 2. The zero-order valence-corrected chi connectivity index (χ0v) is 14.2. The highest BCUT2D eigenvalue weighted by Gasteiger charge is 2.11. The van der Waals surface area contributed by atoms with E-state index < -0.39 is 0 Å². The molecule has 0 radical (unpaired) electrons. The highest BCUT2D eigenvalue weighted by atomic mass is 16.5. The van der Waals surface area contributed by atoms with Gasteiger partial charge in [-0.1, -0.05) is 19.1 Å². The quantitative estimate of drug-likeness (QED) is 0.885. The van der Waals surface area contributed by atoms with Gasteiger partial charge in [-0.15, -0.1) is 0 Å². The van der Waals surface area contributed by atoms with E-state index in [9.17, 15) is 9.59 Å². The van der Waals surface area contributed by atoms with Crippen molar-refractivity contribution in [3.63, 3.8) is 0 Å². The van der Waals surface area contributed by atoms with Gasteiger partial charge in [0.15, 0.2) is 0 Å². The minimum absolute atomic E-state index is 0.110. The molecule has 2 amide bonds. The van der Waals surface area contributed by atoms with E-state index in [1.165, 1.54) is 4.90 Å². The first-order chi connectivity index (χ1) is 11.5. The third-order valence-corrected chi connectivity index (χ3v) is 3.34. The fourth-order valence-corrected chi connectivity index (χ4v) is 2.14. The van der Waals surface area contributed by atoms with Gasteiger partial charge in [-0.25, -0.2) is 0 Å². The van der Waals surface area contributed by atoms with E-state index in [1.807, 2.05) is 13.0 Å². The molecular formula is C19H22N2O3. The molecule has 0 aliphatic carbocycles. The predicted molar refractivity (Wildman–Crippen MR) is 94.6 cm³/mol. The molecule has 0 saturated heterocycles. The largest absolute Gasteiger partial charge is 0.494 e. The molecule has 0 aliphatic rings. The lowest BCUT2D eigenvalue weighted by Crippen LogP contribution is -2.22. The second-order valence-corrected chi connectivity index (χ2v) is 5.61. The fraction of sp³-hybridized carbons (Fsp3) is 0.263. The molecule has 0 aromatic heterocycles. The van der Waals surface area contributed by atoms with E-state index in [0.29, 0.717) is 29.2 Å². The smallest absolute Gasteiger partial charge is 0.255 e. The summed E-state index contributed by atoms with van der Waals surface area (Å²) in [4.78, 5) is 25.9. The van der Waals surface area contributed by atoms with Crippen molar-refractivity contribution in [1.82, 2.24) is 4.90 Å². The Morgan fingerprint density at radius 3 is 2.46 bits per heavy atom. The van der Waals surface area contributed by atoms with Gasteiger partial charge in [-0.05, 0) is 42.8 Å². The number of benzene rings is 2. The van der Waals surface area contributed by atoms with Crippen LogP contribution in [-0.2, 0) is 0 Å². The highest BCUT2D eigenvalue weighted by molar-refractivity contribution is 6.05. The van der Waals surface area contributed by atoms with Gasteiger partial charge in [0.2, 0.25) is 0 Å². The number of ether oxygens (including phenoxy) is 1. The Morgan fingerprint density at radius 2 is 1.75 bits per heavy atom. The number of hydrogen-bond donors (Lipinski definition) is 1. The maximum atomic E-state index is 12.4. The van der Waals surface area contributed by atoms with E-state index in [4.69, 9.17) is 4.74 Å². The van der Waals surface area contributed by atoms with Crippen LogP contribution in [0.1, 0.15) is 34.1 Å². The minimum atomic E-state index is -0.244. The molecule has 0 aliphatic heterocycles. The highest BCUT2D eigenvalue weighted by Crippen LogP contribution is 2.17.